The van der Waals surface area contributed by atoms with Crippen molar-refractivity contribution in [3.63, 3.8) is 0 Å². The maximum atomic E-state index is 13.2. The van der Waals surface area contributed by atoms with E-state index in [1.165, 1.54) is 0 Å². The SMILES string of the molecule is OC(CCOCC(F)F)c1cc(F)ccc1F. The van der Waals surface area contributed by atoms with Crippen LogP contribution in [0.25, 0.3) is 0 Å². The Morgan fingerprint density at radius 2 is 1.94 bits per heavy atom. The topological polar surface area (TPSA) is 29.5 Å². The average Bonchev–Trinajstić information content (AvgIpc) is 2.27. The predicted octanol–water partition coefficient (Wildman–Crippen LogP) is 2.67. The number of aliphatic hydroxyl groups is 1. The van der Waals surface area contributed by atoms with Gasteiger partial charge in [0.25, 0.3) is 6.43 Å². The molecule has 0 amide bonds. The molecule has 0 aliphatic heterocycles. The summed E-state index contributed by atoms with van der Waals surface area (Å²) >= 11 is 0. The molecule has 0 spiro atoms. The van der Waals surface area contributed by atoms with Crippen LogP contribution in [0.4, 0.5) is 17.6 Å². The molecule has 0 aliphatic carbocycles. The molecule has 0 aromatic heterocycles. The van der Waals surface area contributed by atoms with Crippen molar-refractivity contribution in [1.82, 2.24) is 0 Å². The first-order chi connectivity index (χ1) is 8.00. The molecule has 1 rings (SSSR count). The van der Waals surface area contributed by atoms with Crippen LogP contribution < -0.4 is 0 Å². The first-order valence-corrected chi connectivity index (χ1v) is 4.99. The summed E-state index contributed by atoms with van der Waals surface area (Å²) in [4.78, 5) is 0. The molecule has 0 radical (unpaired) electrons. The Bertz CT molecular complexity index is 357. The molecule has 0 heterocycles. The van der Waals surface area contributed by atoms with Crippen molar-refractivity contribution >= 4 is 0 Å². The molecular weight excluding hydrogens is 240 g/mol. The molecular formula is C11H12F4O2. The molecule has 1 aromatic rings. The molecule has 2 nitrogen and oxygen atoms in total. The highest BCUT2D eigenvalue weighted by Crippen LogP contribution is 2.21. The third-order valence-electron chi connectivity index (χ3n) is 2.10. The summed E-state index contributed by atoms with van der Waals surface area (Å²) in [5.41, 5.74) is -0.203. The maximum absolute atomic E-state index is 13.2. The van der Waals surface area contributed by atoms with E-state index < -0.39 is 30.8 Å². The summed E-state index contributed by atoms with van der Waals surface area (Å²) in [5.74, 6) is -1.42. The third-order valence-corrected chi connectivity index (χ3v) is 2.10. The smallest absolute Gasteiger partial charge is 0.261 e. The van der Waals surface area contributed by atoms with E-state index in [1.807, 2.05) is 0 Å². The fourth-order valence-corrected chi connectivity index (χ4v) is 1.29. The van der Waals surface area contributed by atoms with E-state index in [9.17, 15) is 22.7 Å². The molecule has 17 heavy (non-hydrogen) atoms. The van der Waals surface area contributed by atoms with Crippen LogP contribution in [0.3, 0.4) is 0 Å². The fourth-order valence-electron chi connectivity index (χ4n) is 1.29. The molecule has 0 bridgehead atoms. The molecule has 0 aliphatic rings. The Morgan fingerprint density at radius 1 is 1.24 bits per heavy atom. The highest BCUT2D eigenvalue weighted by atomic mass is 19.3. The normalized spacial score (nSPS) is 13.1. The van der Waals surface area contributed by atoms with E-state index in [4.69, 9.17) is 0 Å². The molecule has 6 heteroatoms. The van der Waals surface area contributed by atoms with Crippen molar-refractivity contribution in [2.45, 2.75) is 19.0 Å². The lowest BCUT2D eigenvalue weighted by atomic mass is 10.1. The standard InChI is InChI=1S/C11H12F4O2/c12-7-1-2-9(13)8(5-7)10(16)3-4-17-6-11(14)15/h1-2,5,10-11,16H,3-4,6H2. The highest BCUT2D eigenvalue weighted by Gasteiger charge is 2.14. The molecule has 1 aromatic carbocycles. The van der Waals surface area contributed by atoms with Crippen molar-refractivity contribution in [2.24, 2.45) is 0 Å². The van der Waals surface area contributed by atoms with Crippen molar-refractivity contribution < 1.29 is 27.4 Å². The number of hydrogen-bond acceptors (Lipinski definition) is 2. The Hall–Kier alpha value is -1.14. The van der Waals surface area contributed by atoms with E-state index in [1.54, 1.807) is 0 Å². The van der Waals surface area contributed by atoms with Gasteiger partial charge in [0.15, 0.2) is 0 Å². The zero-order chi connectivity index (χ0) is 12.8. The Morgan fingerprint density at radius 3 is 2.59 bits per heavy atom. The monoisotopic (exact) mass is 252 g/mol. The van der Waals surface area contributed by atoms with Gasteiger partial charge in [0.05, 0.1) is 6.10 Å². The van der Waals surface area contributed by atoms with Crippen LogP contribution in [0, 0.1) is 11.6 Å². The van der Waals surface area contributed by atoms with Crippen LogP contribution in [-0.2, 0) is 4.74 Å². The zero-order valence-electron chi connectivity index (χ0n) is 8.88. The number of alkyl halides is 2. The number of halogens is 4. The molecule has 0 fully saturated rings. The van der Waals surface area contributed by atoms with Gasteiger partial charge in [0.2, 0.25) is 0 Å². The Balaban J connectivity index is 2.46. The molecule has 96 valence electrons. The van der Waals surface area contributed by atoms with Crippen LogP contribution in [-0.4, -0.2) is 24.7 Å². The van der Waals surface area contributed by atoms with Gasteiger partial charge in [-0.2, -0.15) is 0 Å². The van der Waals surface area contributed by atoms with Crippen molar-refractivity contribution in [1.29, 1.82) is 0 Å². The number of rotatable bonds is 6. The summed E-state index contributed by atoms with van der Waals surface area (Å²) in [6, 6.07) is 2.69. The minimum Gasteiger partial charge on any atom is -0.388 e. The van der Waals surface area contributed by atoms with Gasteiger partial charge >= 0.3 is 0 Å². The summed E-state index contributed by atoms with van der Waals surface area (Å²) in [7, 11) is 0. The van der Waals surface area contributed by atoms with Crippen LogP contribution in [0.2, 0.25) is 0 Å². The molecule has 0 saturated carbocycles. The van der Waals surface area contributed by atoms with Gasteiger partial charge in [0.1, 0.15) is 18.2 Å². The minimum atomic E-state index is -2.59. The fraction of sp³-hybridized carbons (Fsp3) is 0.455. The molecule has 1 atom stereocenters. The van der Waals surface area contributed by atoms with Gasteiger partial charge in [-0.05, 0) is 18.2 Å². The lowest BCUT2D eigenvalue weighted by Gasteiger charge is -2.12. The number of aliphatic hydroxyl groups excluding tert-OH is 1. The van der Waals surface area contributed by atoms with E-state index in [0.29, 0.717) is 0 Å². The van der Waals surface area contributed by atoms with Gasteiger partial charge in [0, 0.05) is 18.6 Å². The zero-order valence-corrected chi connectivity index (χ0v) is 8.88. The Kier molecular flexibility index (Phi) is 5.37. The maximum Gasteiger partial charge on any atom is 0.261 e. The second kappa shape index (κ2) is 6.56. The van der Waals surface area contributed by atoms with E-state index in [-0.39, 0.29) is 18.6 Å². The summed E-state index contributed by atoms with van der Waals surface area (Å²) in [6.45, 7) is -0.889. The summed E-state index contributed by atoms with van der Waals surface area (Å²) in [6.07, 6.45) is -3.94. The summed E-state index contributed by atoms with van der Waals surface area (Å²) < 4.78 is 53.9. The van der Waals surface area contributed by atoms with Crippen LogP contribution in [0.15, 0.2) is 18.2 Å². The Labute approximate surface area is 95.8 Å². The van der Waals surface area contributed by atoms with E-state index in [2.05, 4.69) is 4.74 Å². The first kappa shape index (κ1) is 13.9. The number of benzene rings is 1. The van der Waals surface area contributed by atoms with Crippen molar-refractivity contribution in [3.05, 3.63) is 35.4 Å². The van der Waals surface area contributed by atoms with Gasteiger partial charge in [-0.15, -0.1) is 0 Å². The quantitative estimate of drug-likeness (QED) is 0.623. The highest BCUT2D eigenvalue weighted by molar-refractivity contribution is 5.20. The van der Waals surface area contributed by atoms with Crippen molar-refractivity contribution in [3.8, 4) is 0 Å². The van der Waals surface area contributed by atoms with Crippen LogP contribution >= 0.6 is 0 Å². The van der Waals surface area contributed by atoms with Crippen LogP contribution in [0.1, 0.15) is 18.1 Å². The average molecular weight is 252 g/mol. The summed E-state index contributed by atoms with van der Waals surface area (Å²) in [5, 5.41) is 9.52. The number of ether oxygens (including phenoxy) is 1. The first-order valence-electron chi connectivity index (χ1n) is 4.99. The largest absolute Gasteiger partial charge is 0.388 e. The van der Waals surface area contributed by atoms with Gasteiger partial charge in [-0.25, -0.2) is 17.6 Å². The molecule has 0 saturated heterocycles. The minimum absolute atomic E-state index is 0.0763. The van der Waals surface area contributed by atoms with Gasteiger partial charge in [-0.1, -0.05) is 0 Å². The predicted molar refractivity (Wildman–Crippen MR) is 52.8 cm³/mol. The van der Waals surface area contributed by atoms with Crippen molar-refractivity contribution in [2.75, 3.05) is 13.2 Å². The van der Waals surface area contributed by atoms with E-state index in [0.717, 1.165) is 18.2 Å². The second-order valence-corrected chi connectivity index (χ2v) is 3.44. The van der Waals surface area contributed by atoms with E-state index >= 15 is 0 Å². The lowest BCUT2D eigenvalue weighted by Crippen LogP contribution is -2.09. The van der Waals surface area contributed by atoms with Crippen LogP contribution in [0.5, 0.6) is 0 Å². The van der Waals surface area contributed by atoms with Gasteiger partial charge in [-0.3, -0.25) is 0 Å². The third kappa shape index (κ3) is 4.70. The molecule has 1 unspecified atom stereocenters. The second-order valence-electron chi connectivity index (χ2n) is 3.44. The number of hydrogen-bond donors (Lipinski definition) is 1. The lowest BCUT2D eigenvalue weighted by molar-refractivity contribution is 0.00445. The van der Waals surface area contributed by atoms with Gasteiger partial charge < -0.3 is 9.84 Å². The molecule has 1 N–H and O–H groups in total.